The van der Waals surface area contributed by atoms with Crippen molar-refractivity contribution in [3.8, 4) is 5.75 Å². The van der Waals surface area contributed by atoms with Crippen LogP contribution in [0.3, 0.4) is 0 Å². The molecule has 1 fully saturated rings. The molecule has 0 amide bonds. The van der Waals surface area contributed by atoms with Crippen molar-refractivity contribution < 1.29 is 17.9 Å². The van der Waals surface area contributed by atoms with Gasteiger partial charge in [0.2, 0.25) is 0 Å². The number of para-hydroxylation sites is 1. The molecule has 21 heavy (non-hydrogen) atoms. The Balaban J connectivity index is 2.24. The van der Waals surface area contributed by atoms with Crippen molar-refractivity contribution in [2.75, 3.05) is 19.6 Å². The first-order valence-electron chi connectivity index (χ1n) is 7.30. The fourth-order valence-corrected chi connectivity index (χ4v) is 2.85. The van der Waals surface area contributed by atoms with Crippen LogP contribution >= 0.6 is 0 Å². The Labute approximate surface area is 122 Å². The Morgan fingerprint density at radius 2 is 1.71 bits per heavy atom. The van der Waals surface area contributed by atoms with E-state index in [0.717, 1.165) is 38.8 Å². The third kappa shape index (κ3) is 4.61. The first-order valence-corrected chi connectivity index (χ1v) is 7.30. The molecule has 0 saturated carbocycles. The molecule has 3 nitrogen and oxygen atoms in total. The van der Waals surface area contributed by atoms with E-state index in [1.807, 2.05) is 0 Å². The average Bonchev–Trinajstić information content (AvgIpc) is 2.69. The molecule has 0 bridgehead atoms. The second-order valence-electron chi connectivity index (χ2n) is 5.29. The summed E-state index contributed by atoms with van der Waals surface area (Å²) in [5, 5.41) is 0. The standard InChI is InChI=1S/C15H21F3N2O/c16-15(17,18)21-14-8-4-3-7-12(14)13(11-19)20-9-5-1-2-6-10-20/h3-4,7-8,13H,1-2,5-6,9-11,19H2. The second-order valence-corrected chi connectivity index (χ2v) is 5.29. The zero-order chi connectivity index (χ0) is 15.3. The van der Waals surface area contributed by atoms with Crippen LogP contribution in [0.5, 0.6) is 5.75 Å². The van der Waals surface area contributed by atoms with E-state index in [-0.39, 0.29) is 18.3 Å². The molecule has 1 atom stereocenters. The number of hydrogen-bond acceptors (Lipinski definition) is 3. The highest BCUT2D eigenvalue weighted by molar-refractivity contribution is 5.36. The molecule has 1 aromatic rings. The summed E-state index contributed by atoms with van der Waals surface area (Å²) < 4.78 is 41.7. The average molecular weight is 302 g/mol. The number of ether oxygens (including phenoxy) is 1. The lowest BCUT2D eigenvalue weighted by atomic mass is 10.0. The van der Waals surface area contributed by atoms with E-state index >= 15 is 0 Å². The molecule has 1 saturated heterocycles. The van der Waals surface area contributed by atoms with Crippen LogP contribution in [0.25, 0.3) is 0 Å². The number of likely N-dealkylation sites (tertiary alicyclic amines) is 1. The maximum atomic E-state index is 12.5. The Morgan fingerprint density at radius 3 is 2.29 bits per heavy atom. The third-order valence-electron chi connectivity index (χ3n) is 3.81. The van der Waals surface area contributed by atoms with E-state index in [1.54, 1.807) is 18.2 Å². The fraction of sp³-hybridized carbons (Fsp3) is 0.600. The molecular weight excluding hydrogens is 281 g/mol. The molecule has 6 heteroatoms. The summed E-state index contributed by atoms with van der Waals surface area (Å²) in [7, 11) is 0. The first-order chi connectivity index (χ1) is 10.0. The van der Waals surface area contributed by atoms with Crippen LogP contribution in [-0.4, -0.2) is 30.9 Å². The highest BCUT2D eigenvalue weighted by atomic mass is 19.4. The van der Waals surface area contributed by atoms with Gasteiger partial charge in [-0.3, -0.25) is 4.90 Å². The van der Waals surface area contributed by atoms with E-state index in [1.165, 1.54) is 6.07 Å². The van der Waals surface area contributed by atoms with Crippen molar-refractivity contribution >= 4 is 0 Å². The zero-order valence-corrected chi connectivity index (χ0v) is 11.9. The van der Waals surface area contributed by atoms with Gasteiger partial charge in [-0.25, -0.2) is 0 Å². The van der Waals surface area contributed by atoms with Crippen LogP contribution in [0.15, 0.2) is 24.3 Å². The van der Waals surface area contributed by atoms with Gasteiger partial charge < -0.3 is 10.5 Å². The number of halogens is 3. The topological polar surface area (TPSA) is 38.5 Å². The van der Waals surface area contributed by atoms with Gasteiger partial charge in [-0.05, 0) is 32.0 Å². The smallest absolute Gasteiger partial charge is 0.405 e. The van der Waals surface area contributed by atoms with Gasteiger partial charge in [-0.1, -0.05) is 31.0 Å². The molecule has 0 aliphatic carbocycles. The van der Waals surface area contributed by atoms with E-state index in [4.69, 9.17) is 5.73 Å². The SMILES string of the molecule is NCC(c1ccccc1OC(F)(F)F)N1CCCCCC1. The van der Waals surface area contributed by atoms with E-state index in [0.29, 0.717) is 5.56 Å². The number of nitrogens with zero attached hydrogens (tertiary/aromatic N) is 1. The Kier molecular flexibility index (Phi) is 5.47. The minimum atomic E-state index is -4.69. The summed E-state index contributed by atoms with van der Waals surface area (Å²) in [6.07, 6.45) is -0.255. The van der Waals surface area contributed by atoms with Gasteiger partial charge in [0.25, 0.3) is 0 Å². The summed E-state index contributed by atoms with van der Waals surface area (Å²) >= 11 is 0. The number of alkyl halides is 3. The van der Waals surface area contributed by atoms with Gasteiger partial charge in [0.1, 0.15) is 5.75 Å². The number of hydrogen-bond donors (Lipinski definition) is 1. The molecule has 1 unspecified atom stereocenters. The number of nitrogens with two attached hydrogens (primary N) is 1. The molecule has 118 valence electrons. The largest absolute Gasteiger partial charge is 0.573 e. The lowest BCUT2D eigenvalue weighted by Gasteiger charge is -2.31. The molecule has 0 spiro atoms. The molecule has 2 rings (SSSR count). The highest BCUT2D eigenvalue weighted by Gasteiger charge is 2.33. The van der Waals surface area contributed by atoms with Gasteiger partial charge in [0, 0.05) is 12.1 Å². The Hall–Kier alpha value is -1.27. The van der Waals surface area contributed by atoms with Crippen LogP contribution < -0.4 is 10.5 Å². The van der Waals surface area contributed by atoms with E-state index < -0.39 is 6.36 Å². The molecule has 1 aromatic carbocycles. The van der Waals surface area contributed by atoms with Crippen molar-refractivity contribution in [3.05, 3.63) is 29.8 Å². The molecule has 1 aliphatic heterocycles. The van der Waals surface area contributed by atoms with Gasteiger partial charge in [0.15, 0.2) is 0 Å². The van der Waals surface area contributed by atoms with Crippen molar-refractivity contribution in [2.24, 2.45) is 5.73 Å². The summed E-state index contributed by atoms with van der Waals surface area (Å²) in [5.41, 5.74) is 6.35. The van der Waals surface area contributed by atoms with Crippen LogP contribution in [0, 0.1) is 0 Å². The van der Waals surface area contributed by atoms with Crippen LogP contribution in [0.4, 0.5) is 13.2 Å². The van der Waals surface area contributed by atoms with Crippen LogP contribution in [0.1, 0.15) is 37.3 Å². The molecule has 0 radical (unpaired) electrons. The molecular formula is C15H21F3N2O. The van der Waals surface area contributed by atoms with Crippen LogP contribution in [-0.2, 0) is 0 Å². The fourth-order valence-electron chi connectivity index (χ4n) is 2.85. The molecule has 1 aliphatic rings. The van der Waals surface area contributed by atoms with Crippen molar-refractivity contribution in [1.82, 2.24) is 4.90 Å². The summed E-state index contributed by atoms with van der Waals surface area (Å²) in [6, 6.07) is 6.05. The first kappa shape index (κ1) is 16.1. The van der Waals surface area contributed by atoms with Crippen molar-refractivity contribution in [3.63, 3.8) is 0 Å². The van der Waals surface area contributed by atoms with Crippen molar-refractivity contribution in [1.29, 1.82) is 0 Å². The second kappa shape index (κ2) is 7.13. The minimum Gasteiger partial charge on any atom is -0.405 e. The quantitative estimate of drug-likeness (QED) is 0.925. The van der Waals surface area contributed by atoms with E-state index in [2.05, 4.69) is 9.64 Å². The Bertz CT molecular complexity index is 443. The Morgan fingerprint density at radius 1 is 1.10 bits per heavy atom. The predicted octanol–water partition coefficient (Wildman–Crippen LogP) is 3.46. The van der Waals surface area contributed by atoms with Gasteiger partial charge >= 0.3 is 6.36 Å². The predicted molar refractivity (Wildman–Crippen MR) is 75.0 cm³/mol. The highest BCUT2D eigenvalue weighted by Crippen LogP contribution is 2.33. The summed E-state index contributed by atoms with van der Waals surface area (Å²) in [4.78, 5) is 2.17. The lowest BCUT2D eigenvalue weighted by Crippen LogP contribution is -2.35. The lowest BCUT2D eigenvalue weighted by molar-refractivity contribution is -0.275. The number of rotatable bonds is 4. The molecule has 2 N–H and O–H groups in total. The van der Waals surface area contributed by atoms with Crippen molar-refractivity contribution in [2.45, 2.75) is 38.1 Å². The summed E-state index contributed by atoms with van der Waals surface area (Å²) in [5.74, 6) is -0.148. The normalized spacial score (nSPS) is 19.0. The maximum absolute atomic E-state index is 12.5. The van der Waals surface area contributed by atoms with Gasteiger partial charge in [-0.2, -0.15) is 0 Å². The molecule has 1 heterocycles. The maximum Gasteiger partial charge on any atom is 0.573 e. The number of benzene rings is 1. The monoisotopic (exact) mass is 302 g/mol. The zero-order valence-electron chi connectivity index (χ0n) is 11.9. The third-order valence-corrected chi connectivity index (χ3v) is 3.81. The molecule has 0 aromatic heterocycles. The summed E-state index contributed by atoms with van der Waals surface area (Å²) in [6.45, 7) is 2.00. The van der Waals surface area contributed by atoms with E-state index in [9.17, 15) is 13.2 Å². The van der Waals surface area contributed by atoms with Gasteiger partial charge in [0.05, 0.1) is 6.04 Å². The minimum absolute atomic E-state index is 0.148. The van der Waals surface area contributed by atoms with Gasteiger partial charge in [-0.15, -0.1) is 13.2 Å². The van der Waals surface area contributed by atoms with Crippen LogP contribution in [0.2, 0.25) is 0 Å².